The van der Waals surface area contributed by atoms with Crippen LogP contribution >= 0.6 is 0 Å². The summed E-state index contributed by atoms with van der Waals surface area (Å²) in [6.45, 7) is 2.62. The van der Waals surface area contributed by atoms with E-state index in [-0.39, 0.29) is 17.6 Å². The van der Waals surface area contributed by atoms with Gasteiger partial charge in [0.15, 0.2) is 0 Å². The Morgan fingerprint density at radius 1 is 1.11 bits per heavy atom. The van der Waals surface area contributed by atoms with Gasteiger partial charge in [-0.05, 0) is 30.7 Å². The molecule has 2 N–H and O–H groups in total. The predicted octanol–water partition coefficient (Wildman–Crippen LogP) is 3.38. The van der Waals surface area contributed by atoms with Crippen LogP contribution in [0.2, 0.25) is 0 Å². The Labute approximate surface area is 106 Å². The first-order valence-electron chi connectivity index (χ1n) is 5.92. The first-order valence-corrected chi connectivity index (χ1v) is 5.92. The number of rotatable bonds is 4. The van der Waals surface area contributed by atoms with E-state index in [2.05, 4.69) is 5.32 Å². The highest BCUT2D eigenvalue weighted by Crippen LogP contribution is 2.23. The van der Waals surface area contributed by atoms with Crippen molar-refractivity contribution in [2.24, 2.45) is 0 Å². The number of phenols is 1. The zero-order chi connectivity index (χ0) is 13.0. The van der Waals surface area contributed by atoms with E-state index < -0.39 is 0 Å². The zero-order valence-corrected chi connectivity index (χ0v) is 10.2. The maximum atomic E-state index is 12.7. The Balaban J connectivity index is 1.98. The summed E-state index contributed by atoms with van der Waals surface area (Å²) in [5.74, 6) is 0.0594. The van der Waals surface area contributed by atoms with E-state index in [1.165, 1.54) is 12.1 Å². The Bertz CT molecular complexity index is 510. The summed E-state index contributed by atoms with van der Waals surface area (Å²) in [4.78, 5) is 0. The van der Waals surface area contributed by atoms with Crippen LogP contribution in [-0.4, -0.2) is 5.11 Å². The highest BCUT2D eigenvalue weighted by Gasteiger charge is 2.08. The second kappa shape index (κ2) is 5.65. The normalized spacial score (nSPS) is 12.3. The summed E-state index contributed by atoms with van der Waals surface area (Å²) in [6, 6.07) is 13.7. The molecule has 0 aliphatic heterocycles. The maximum absolute atomic E-state index is 12.7. The van der Waals surface area contributed by atoms with Crippen molar-refractivity contribution < 1.29 is 9.50 Å². The Hall–Kier alpha value is -1.87. The minimum atomic E-state index is -0.229. The molecule has 3 heteroatoms. The van der Waals surface area contributed by atoms with Gasteiger partial charge in [0.05, 0.1) is 0 Å². The molecule has 1 unspecified atom stereocenters. The summed E-state index contributed by atoms with van der Waals surface area (Å²) in [6.07, 6.45) is 0. The number of benzene rings is 2. The molecule has 2 rings (SSSR count). The molecule has 0 bridgehead atoms. The first-order chi connectivity index (χ1) is 8.66. The monoisotopic (exact) mass is 245 g/mol. The summed E-state index contributed by atoms with van der Waals surface area (Å²) in [7, 11) is 0. The molecule has 94 valence electrons. The third kappa shape index (κ3) is 3.08. The van der Waals surface area contributed by atoms with E-state index in [0.717, 1.165) is 11.1 Å². The first kappa shape index (κ1) is 12.6. The van der Waals surface area contributed by atoms with Crippen molar-refractivity contribution in [3.8, 4) is 5.75 Å². The van der Waals surface area contributed by atoms with Gasteiger partial charge in [0.2, 0.25) is 0 Å². The zero-order valence-electron chi connectivity index (χ0n) is 10.2. The lowest BCUT2D eigenvalue weighted by Gasteiger charge is -2.15. The van der Waals surface area contributed by atoms with Crippen molar-refractivity contribution in [2.75, 3.05) is 0 Å². The van der Waals surface area contributed by atoms with E-state index in [9.17, 15) is 9.50 Å². The smallest absolute Gasteiger partial charge is 0.123 e. The molecule has 0 aromatic heterocycles. The van der Waals surface area contributed by atoms with Gasteiger partial charge in [0.1, 0.15) is 11.6 Å². The van der Waals surface area contributed by atoms with Crippen molar-refractivity contribution >= 4 is 0 Å². The Morgan fingerprint density at radius 2 is 1.78 bits per heavy atom. The lowest BCUT2D eigenvalue weighted by Crippen LogP contribution is -2.18. The quantitative estimate of drug-likeness (QED) is 0.865. The van der Waals surface area contributed by atoms with Crippen LogP contribution in [0.5, 0.6) is 5.75 Å². The van der Waals surface area contributed by atoms with E-state index in [4.69, 9.17) is 0 Å². The van der Waals surface area contributed by atoms with Crippen molar-refractivity contribution in [3.05, 3.63) is 65.5 Å². The number of hydrogen-bond acceptors (Lipinski definition) is 2. The van der Waals surface area contributed by atoms with Gasteiger partial charge >= 0.3 is 0 Å². The largest absolute Gasteiger partial charge is 0.508 e. The maximum Gasteiger partial charge on any atom is 0.123 e. The van der Waals surface area contributed by atoms with E-state index in [1.54, 1.807) is 24.3 Å². The second-order valence-corrected chi connectivity index (χ2v) is 4.29. The van der Waals surface area contributed by atoms with Crippen molar-refractivity contribution in [2.45, 2.75) is 19.5 Å². The van der Waals surface area contributed by atoms with Gasteiger partial charge in [-0.15, -0.1) is 0 Å². The summed E-state index contributed by atoms with van der Waals surface area (Å²) >= 11 is 0. The van der Waals surface area contributed by atoms with Crippen LogP contribution in [0.25, 0.3) is 0 Å². The lowest BCUT2D eigenvalue weighted by molar-refractivity contribution is 0.452. The molecule has 0 fully saturated rings. The molecule has 0 aliphatic carbocycles. The van der Waals surface area contributed by atoms with Gasteiger partial charge in [-0.1, -0.05) is 30.3 Å². The van der Waals surface area contributed by atoms with Gasteiger partial charge in [-0.2, -0.15) is 0 Å². The van der Waals surface area contributed by atoms with Crippen LogP contribution in [0, 0.1) is 5.82 Å². The minimum absolute atomic E-state index is 0.0382. The molecular formula is C15H16FNO. The fourth-order valence-corrected chi connectivity index (χ4v) is 1.84. The van der Waals surface area contributed by atoms with E-state index >= 15 is 0 Å². The molecule has 2 aromatic carbocycles. The molecule has 2 aromatic rings. The molecule has 0 saturated carbocycles. The standard InChI is InChI=1S/C15H16FNO/c1-11(14-4-2-3-5-15(14)18)17-10-12-6-8-13(16)9-7-12/h2-9,11,17-18H,10H2,1H3. The summed E-state index contributed by atoms with van der Waals surface area (Å²) < 4.78 is 12.7. The van der Waals surface area contributed by atoms with E-state index in [0.29, 0.717) is 6.54 Å². The van der Waals surface area contributed by atoms with E-state index in [1.807, 2.05) is 19.1 Å². The molecule has 18 heavy (non-hydrogen) atoms. The average Bonchev–Trinajstić information content (AvgIpc) is 2.38. The topological polar surface area (TPSA) is 32.3 Å². The molecule has 0 radical (unpaired) electrons. The minimum Gasteiger partial charge on any atom is -0.508 e. The van der Waals surface area contributed by atoms with Crippen LogP contribution in [-0.2, 0) is 6.54 Å². The second-order valence-electron chi connectivity index (χ2n) is 4.29. The van der Waals surface area contributed by atoms with Gasteiger partial charge in [-0.3, -0.25) is 0 Å². The SMILES string of the molecule is CC(NCc1ccc(F)cc1)c1ccccc1O. The van der Waals surface area contributed by atoms with Crippen molar-refractivity contribution in [1.29, 1.82) is 0 Å². The van der Waals surface area contributed by atoms with Gasteiger partial charge in [0.25, 0.3) is 0 Å². The molecule has 2 nitrogen and oxygen atoms in total. The highest BCUT2D eigenvalue weighted by atomic mass is 19.1. The highest BCUT2D eigenvalue weighted by molar-refractivity contribution is 5.34. The fourth-order valence-electron chi connectivity index (χ4n) is 1.84. The van der Waals surface area contributed by atoms with Gasteiger partial charge in [0, 0.05) is 18.2 Å². The number of halogens is 1. The van der Waals surface area contributed by atoms with Crippen LogP contribution in [0.15, 0.2) is 48.5 Å². The van der Waals surface area contributed by atoms with Crippen LogP contribution < -0.4 is 5.32 Å². The molecular weight excluding hydrogens is 229 g/mol. The molecule has 0 spiro atoms. The fraction of sp³-hybridized carbons (Fsp3) is 0.200. The third-order valence-corrected chi connectivity index (χ3v) is 2.93. The number of phenolic OH excluding ortho intramolecular Hbond substituents is 1. The van der Waals surface area contributed by atoms with Crippen LogP contribution in [0.4, 0.5) is 4.39 Å². The molecule has 0 saturated heterocycles. The lowest BCUT2D eigenvalue weighted by atomic mass is 10.1. The number of nitrogens with one attached hydrogen (secondary N) is 1. The van der Waals surface area contributed by atoms with Gasteiger partial charge < -0.3 is 10.4 Å². The number of para-hydroxylation sites is 1. The summed E-state index contributed by atoms with van der Waals surface area (Å²) in [5.41, 5.74) is 1.87. The summed E-state index contributed by atoms with van der Waals surface area (Å²) in [5, 5.41) is 13.0. The molecule has 0 aliphatic rings. The predicted molar refractivity (Wildman–Crippen MR) is 69.8 cm³/mol. The Kier molecular flexibility index (Phi) is 3.95. The van der Waals surface area contributed by atoms with Gasteiger partial charge in [-0.25, -0.2) is 4.39 Å². The van der Waals surface area contributed by atoms with Crippen molar-refractivity contribution in [1.82, 2.24) is 5.32 Å². The van der Waals surface area contributed by atoms with Crippen LogP contribution in [0.1, 0.15) is 24.1 Å². The number of hydrogen-bond donors (Lipinski definition) is 2. The third-order valence-electron chi connectivity index (χ3n) is 2.93. The van der Waals surface area contributed by atoms with Crippen molar-refractivity contribution in [3.63, 3.8) is 0 Å². The molecule has 0 amide bonds. The van der Waals surface area contributed by atoms with Crippen LogP contribution in [0.3, 0.4) is 0 Å². The average molecular weight is 245 g/mol. The molecule has 0 heterocycles. The molecule has 1 atom stereocenters. The Morgan fingerprint density at radius 3 is 2.44 bits per heavy atom. The number of aromatic hydroxyl groups is 1.